The van der Waals surface area contributed by atoms with Gasteiger partial charge in [-0.25, -0.2) is 0 Å². The van der Waals surface area contributed by atoms with Crippen molar-refractivity contribution in [2.75, 3.05) is 27.7 Å². The fourth-order valence-electron chi connectivity index (χ4n) is 2.07. The standard InChI is InChI=1S/C13H27N5O/c1-5-6-7-11(16-14)13-12(19-4)10-15-18(13)9-8-17(2)3/h10-11,16H,5-9,14H2,1-4H3. The predicted molar refractivity (Wildman–Crippen MR) is 76.9 cm³/mol. The lowest BCUT2D eigenvalue weighted by molar-refractivity contribution is 0.349. The normalized spacial score (nSPS) is 12.9. The number of ether oxygens (including phenoxy) is 1. The number of methoxy groups -OCH3 is 1. The lowest BCUT2D eigenvalue weighted by Gasteiger charge is -2.19. The van der Waals surface area contributed by atoms with Gasteiger partial charge < -0.3 is 9.64 Å². The lowest BCUT2D eigenvalue weighted by atomic mass is 10.1. The average Bonchev–Trinajstić information content (AvgIpc) is 2.80. The summed E-state index contributed by atoms with van der Waals surface area (Å²) in [6.07, 6.45) is 5.02. The van der Waals surface area contributed by atoms with Crippen LogP contribution in [0, 0.1) is 0 Å². The first kappa shape index (κ1) is 15.9. The molecule has 0 spiro atoms. The van der Waals surface area contributed by atoms with E-state index in [0.29, 0.717) is 0 Å². The van der Waals surface area contributed by atoms with E-state index in [2.05, 4.69) is 36.4 Å². The molecule has 1 heterocycles. The minimum Gasteiger partial charge on any atom is -0.493 e. The molecule has 0 amide bonds. The van der Waals surface area contributed by atoms with Crippen LogP contribution in [0.5, 0.6) is 5.75 Å². The maximum absolute atomic E-state index is 5.70. The Morgan fingerprint density at radius 2 is 2.26 bits per heavy atom. The van der Waals surface area contributed by atoms with Crippen molar-refractivity contribution in [3.8, 4) is 5.75 Å². The number of hydrazine groups is 1. The quantitative estimate of drug-likeness (QED) is 0.520. The zero-order chi connectivity index (χ0) is 14.3. The molecule has 0 radical (unpaired) electrons. The summed E-state index contributed by atoms with van der Waals surface area (Å²) in [5, 5.41) is 4.41. The molecule has 0 aromatic carbocycles. The Labute approximate surface area is 115 Å². The number of hydrogen-bond acceptors (Lipinski definition) is 5. The van der Waals surface area contributed by atoms with Crippen molar-refractivity contribution < 1.29 is 4.74 Å². The van der Waals surface area contributed by atoms with E-state index < -0.39 is 0 Å². The summed E-state index contributed by atoms with van der Waals surface area (Å²) in [6.45, 7) is 3.94. The average molecular weight is 269 g/mol. The molecule has 0 bridgehead atoms. The maximum Gasteiger partial charge on any atom is 0.161 e. The van der Waals surface area contributed by atoms with Crippen LogP contribution in [-0.4, -0.2) is 42.4 Å². The highest BCUT2D eigenvalue weighted by molar-refractivity contribution is 5.28. The van der Waals surface area contributed by atoms with Crippen molar-refractivity contribution in [1.82, 2.24) is 20.1 Å². The van der Waals surface area contributed by atoms with Crippen molar-refractivity contribution in [2.45, 2.75) is 38.8 Å². The van der Waals surface area contributed by atoms with E-state index in [0.717, 1.165) is 43.8 Å². The fourth-order valence-corrected chi connectivity index (χ4v) is 2.07. The molecule has 0 aliphatic heterocycles. The summed E-state index contributed by atoms with van der Waals surface area (Å²) in [4.78, 5) is 2.13. The molecule has 0 aliphatic carbocycles. The van der Waals surface area contributed by atoms with E-state index in [1.807, 2.05) is 4.68 Å². The molecule has 1 aromatic heterocycles. The van der Waals surface area contributed by atoms with Crippen molar-refractivity contribution in [3.63, 3.8) is 0 Å². The zero-order valence-electron chi connectivity index (χ0n) is 12.5. The number of nitrogens with two attached hydrogens (primary N) is 1. The van der Waals surface area contributed by atoms with Crippen LogP contribution < -0.4 is 16.0 Å². The highest BCUT2D eigenvalue weighted by Crippen LogP contribution is 2.27. The van der Waals surface area contributed by atoms with Gasteiger partial charge in [0.25, 0.3) is 0 Å². The van der Waals surface area contributed by atoms with Crippen molar-refractivity contribution in [2.24, 2.45) is 5.84 Å². The Morgan fingerprint density at radius 3 is 2.79 bits per heavy atom. The molecule has 3 N–H and O–H groups in total. The molecule has 1 unspecified atom stereocenters. The molecule has 0 fully saturated rings. The second-order valence-electron chi connectivity index (χ2n) is 4.99. The zero-order valence-corrected chi connectivity index (χ0v) is 12.5. The van der Waals surface area contributed by atoms with Crippen LogP contribution in [0.2, 0.25) is 0 Å². The van der Waals surface area contributed by atoms with E-state index in [-0.39, 0.29) is 6.04 Å². The molecule has 110 valence electrons. The van der Waals surface area contributed by atoms with E-state index in [4.69, 9.17) is 10.6 Å². The first-order chi connectivity index (χ1) is 9.13. The van der Waals surface area contributed by atoms with E-state index in [1.54, 1.807) is 13.3 Å². The van der Waals surface area contributed by atoms with E-state index in [9.17, 15) is 0 Å². The van der Waals surface area contributed by atoms with Gasteiger partial charge in [-0.1, -0.05) is 19.8 Å². The Morgan fingerprint density at radius 1 is 1.53 bits per heavy atom. The minimum absolute atomic E-state index is 0.0829. The first-order valence-electron chi connectivity index (χ1n) is 6.84. The molecule has 6 heteroatoms. The third kappa shape index (κ3) is 4.49. The number of aromatic nitrogens is 2. The third-order valence-electron chi connectivity index (χ3n) is 3.20. The summed E-state index contributed by atoms with van der Waals surface area (Å²) in [7, 11) is 5.77. The highest BCUT2D eigenvalue weighted by atomic mass is 16.5. The van der Waals surface area contributed by atoms with Crippen LogP contribution in [0.15, 0.2) is 6.20 Å². The van der Waals surface area contributed by atoms with Gasteiger partial charge in [0.15, 0.2) is 5.75 Å². The summed E-state index contributed by atoms with van der Waals surface area (Å²) < 4.78 is 7.39. The Kier molecular flexibility index (Phi) is 6.83. The molecule has 6 nitrogen and oxygen atoms in total. The minimum atomic E-state index is 0.0829. The monoisotopic (exact) mass is 269 g/mol. The van der Waals surface area contributed by atoms with Crippen LogP contribution in [-0.2, 0) is 6.54 Å². The fraction of sp³-hybridized carbons (Fsp3) is 0.769. The number of likely N-dealkylation sites (N-methyl/N-ethyl adjacent to an activating group) is 1. The van der Waals surface area contributed by atoms with Crippen LogP contribution in [0.4, 0.5) is 0 Å². The van der Waals surface area contributed by atoms with E-state index in [1.165, 1.54) is 0 Å². The Hall–Kier alpha value is -1.11. The summed E-state index contributed by atoms with van der Waals surface area (Å²) in [6, 6.07) is 0.0829. The van der Waals surface area contributed by atoms with Crippen LogP contribution in [0.25, 0.3) is 0 Å². The lowest BCUT2D eigenvalue weighted by Crippen LogP contribution is -2.31. The van der Waals surface area contributed by atoms with Gasteiger partial charge in [0, 0.05) is 6.54 Å². The van der Waals surface area contributed by atoms with Crippen LogP contribution in [0.3, 0.4) is 0 Å². The third-order valence-corrected chi connectivity index (χ3v) is 3.20. The second kappa shape index (κ2) is 8.14. The van der Waals surface area contributed by atoms with Crippen LogP contribution in [0.1, 0.15) is 37.9 Å². The van der Waals surface area contributed by atoms with Gasteiger partial charge in [-0.3, -0.25) is 16.0 Å². The van der Waals surface area contributed by atoms with Gasteiger partial charge in [0.1, 0.15) is 0 Å². The van der Waals surface area contributed by atoms with Gasteiger partial charge in [-0.2, -0.15) is 5.10 Å². The molecule has 0 aliphatic rings. The number of nitrogens with one attached hydrogen (secondary N) is 1. The Balaban J connectivity index is 2.89. The van der Waals surface area contributed by atoms with Crippen molar-refractivity contribution in [3.05, 3.63) is 11.9 Å². The highest BCUT2D eigenvalue weighted by Gasteiger charge is 2.20. The van der Waals surface area contributed by atoms with Gasteiger partial charge in [0.2, 0.25) is 0 Å². The number of rotatable bonds is 9. The summed E-state index contributed by atoms with van der Waals surface area (Å²) in [5.74, 6) is 6.50. The Bertz CT molecular complexity index is 364. The smallest absolute Gasteiger partial charge is 0.161 e. The topological polar surface area (TPSA) is 68.3 Å². The molecule has 19 heavy (non-hydrogen) atoms. The van der Waals surface area contributed by atoms with Crippen LogP contribution >= 0.6 is 0 Å². The summed E-state index contributed by atoms with van der Waals surface area (Å²) >= 11 is 0. The molecular formula is C13H27N5O. The maximum atomic E-state index is 5.70. The molecule has 1 rings (SSSR count). The van der Waals surface area contributed by atoms with Gasteiger partial charge >= 0.3 is 0 Å². The molecule has 0 saturated heterocycles. The molecule has 1 atom stereocenters. The first-order valence-corrected chi connectivity index (χ1v) is 6.84. The molecule has 0 saturated carbocycles. The molecule has 1 aromatic rings. The summed E-state index contributed by atoms with van der Waals surface area (Å²) in [5.41, 5.74) is 3.93. The molecular weight excluding hydrogens is 242 g/mol. The number of unbranched alkanes of at least 4 members (excludes halogenated alkanes) is 1. The van der Waals surface area contributed by atoms with Crippen molar-refractivity contribution in [1.29, 1.82) is 0 Å². The van der Waals surface area contributed by atoms with E-state index >= 15 is 0 Å². The largest absolute Gasteiger partial charge is 0.493 e. The predicted octanol–water partition coefficient (Wildman–Crippen LogP) is 1.15. The second-order valence-corrected chi connectivity index (χ2v) is 4.99. The SMILES string of the molecule is CCCCC(NN)c1c(OC)cnn1CCN(C)C. The number of hydrogen-bond donors (Lipinski definition) is 2. The van der Waals surface area contributed by atoms with Crippen molar-refractivity contribution >= 4 is 0 Å². The van der Waals surface area contributed by atoms with Gasteiger partial charge in [-0.15, -0.1) is 0 Å². The van der Waals surface area contributed by atoms with Gasteiger partial charge in [0.05, 0.1) is 31.6 Å². The van der Waals surface area contributed by atoms with Gasteiger partial charge in [-0.05, 0) is 20.5 Å². The number of nitrogens with zero attached hydrogens (tertiary/aromatic N) is 3.